The Bertz CT molecular complexity index is 282. The molecule has 2 heteroatoms. The van der Waals surface area contributed by atoms with Crippen molar-refractivity contribution in [3.63, 3.8) is 0 Å². The fourth-order valence-corrected chi connectivity index (χ4v) is 5.42. The number of hydrogen-bond donors (Lipinski definition) is 0. The lowest BCUT2D eigenvalue weighted by molar-refractivity contribution is -0.923. The Kier molecular flexibility index (Phi) is 9.11. The van der Waals surface area contributed by atoms with Crippen LogP contribution in [0.5, 0.6) is 0 Å². The molecule has 2 saturated heterocycles. The molecule has 0 bridgehead atoms. The summed E-state index contributed by atoms with van der Waals surface area (Å²) in [6, 6.07) is 0. The second-order valence-electron chi connectivity index (χ2n) is 9.01. The lowest BCUT2D eigenvalue weighted by Gasteiger charge is -2.37. The van der Waals surface area contributed by atoms with Gasteiger partial charge in [-0.1, -0.05) is 26.7 Å². The summed E-state index contributed by atoms with van der Waals surface area (Å²) in [5, 5.41) is 0. The molecule has 2 heterocycles. The van der Waals surface area contributed by atoms with Gasteiger partial charge in [-0.3, -0.25) is 0 Å². The third-order valence-corrected chi connectivity index (χ3v) is 7.02. The van der Waals surface area contributed by atoms with Crippen molar-refractivity contribution in [2.45, 2.75) is 90.9 Å². The number of hydrogen-bond acceptors (Lipinski definition) is 0. The van der Waals surface area contributed by atoms with Crippen LogP contribution in [-0.2, 0) is 0 Å². The molecule has 2 nitrogen and oxygen atoms in total. The molecule has 142 valence electrons. The molecule has 0 atom stereocenters. The predicted molar refractivity (Wildman–Crippen MR) is 106 cm³/mol. The van der Waals surface area contributed by atoms with E-state index in [4.69, 9.17) is 0 Å². The van der Waals surface area contributed by atoms with Crippen molar-refractivity contribution < 1.29 is 8.97 Å². The second kappa shape index (κ2) is 10.8. The van der Waals surface area contributed by atoms with E-state index < -0.39 is 0 Å². The van der Waals surface area contributed by atoms with E-state index in [1.807, 2.05) is 0 Å². The maximum absolute atomic E-state index is 2.34. The first-order chi connectivity index (χ1) is 11.7. The summed E-state index contributed by atoms with van der Waals surface area (Å²) >= 11 is 0. The molecule has 0 aromatic rings. The summed E-state index contributed by atoms with van der Waals surface area (Å²) in [5.74, 6) is 0. The predicted octanol–water partition coefficient (Wildman–Crippen LogP) is 5.37. The normalized spacial score (nSPS) is 22.2. The smallest absolute Gasteiger partial charge is 0.0788 e. The molecule has 2 aliphatic rings. The van der Waals surface area contributed by atoms with Gasteiger partial charge in [0.15, 0.2) is 0 Å². The van der Waals surface area contributed by atoms with Gasteiger partial charge in [-0.05, 0) is 25.7 Å². The van der Waals surface area contributed by atoms with E-state index >= 15 is 0 Å². The van der Waals surface area contributed by atoms with E-state index in [0.717, 1.165) is 0 Å². The first-order valence-electron chi connectivity index (χ1n) is 11.4. The number of rotatable bonds is 13. The third-order valence-electron chi connectivity index (χ3n) is 7.02. The lowest BCUT2D eigenvalue weighted by Crippen LogP contribution is -2.48. The molecule has 0 amide bonds. The molecular formula is C22H46N2+2. The Morgan fingerprint density at radius 3 is 1.04 bits per heavy atom. The molecule has 0 radical (unpaired) electrons. The van der Waals surface area contributed by atoms with Crippen LogP contribution in [-0.4, -0.2) is 61.3 Å². The van der Waals surface area contributed by atoms with E-state index in [2.05, 4.69) is 13.8 Å². The number of unbranched alkanes of at least 4 members (excludes halogenated alkanes) is 5. The fraction of sp³-hybridized carbons (Fsp3) is 1.00. The van der Waals surface area contributed by atoms with Crippen LogP contribution in [0.3, 0.4) is 0 Å². The molecule has 0 aliphatic carbocycles. The molecule has 0 aromatic carbocycles. The van der Waals surface area contributed by atoms with Crippen LogP contribution in [0.1, 0.15) is 90.9 Å². The summed E-state index contributed by atoms with van der Waals surface area (Å²) in [6.07, 6.45) is 17.5. The zero-order valence-electron chi connectivity index (χ0n) is 17.0. The van der Waals surface area contributed by atoms with Crippen LogP contribution in [0.4, 0.5) is 0 Å². The Balaban J connectivity index is 1.70. The van der Waals surface area contributed by atoms with E-state index in [0.29, 0.717) is 0 Å². The molecule has 0 saturated carbocycles. The molecule has 2 fully saturated rings. The monoisotopic (exact) mass is 338 g/mol. The molecule has 2 aliphatic heterocycles. The summed E-state index contributed by atoms with van der Waals surface area (Å²) in [5.41, 5.74) is 0. The lowest BCUT2D eigenvalue weighted by atomic mass is 10.1. The van der Waals surface area contributed by atoms with Crippen LogP contribution in [0.15, 0.2) is 0 Å². The molecule has 0 N–H and O–H groups in total. The quantitative estimate of drug-likeness (QED) is 0.313. The SMILES string of the molecule is CCCCC[N+]1(CCCC[N+]2(CCCCC)CCCC2)CCCC1. The van der Waals surface area contributed by atoms with Gasteiger partial charge in [0.1, 0.15) is 0 Å². The zero-order chi connectivity index (χ0) is 17.1. The molecule has 0 aromatic heterocycles. The van der Waals surface area contributed by atoms with Crippen LogP contribution in [0, 0.1) is 0 Å². The Labute approximate surface area is 152 Å². The van der Waals surface area contributed by atoms with Gasteiger partial charge < -0.3 is 8.97 Å². The van der Waals surface area contributed by atoms with Crippen molar-refractivity contribution in [2.75, 3.05) is 52.4 Å². The standard InChI is InChI=1S/C22H46N2/c1-3-5-7-15-23(17-9-10-18-23)21-13-14-22-24(16-8-6-4-2)19-11-12-20-24/h3-22H2,1-2H3/q+2. The highest BCUT2D eigenvalue weighted by Crippen LogP contribution is 2.25. The number of nitrogens with zero attached hydrogens (tertiary/aromatic N) is 2. The molecule has 0 unspecified atom stereocenters. The first kappa shape index (κ1) is 20.2. The highest BCUT2D eigenvalue weighted by atomic mass is 15.4. The van der Waals surface area contributed by atoms with Crippen LogP contribution in [0.25, 0.3) is 0 Å². The highest BCUT2D eigenvalue weighted by Gasteiger charge is 2.33. The van der Waals surface area contributed by atoms with E-state index in [1.165, 1.54) is 138 Å². The molecule has 2 rings (SSSR count). The topological polar surface area (TPSA) is 0 Å². The van der Waals surface area contributed by atoms with Crippen molar-refractivity contribution in [1.82, 2.24) is 0 Å². The summed E-state index contributed by atoms with van der Waals surface area (Å²) in [7, 11) is 0. The van der Waals surface area contributed by atoms with Gasteiger partial charge >= 0.3 is 0 Å². The average molecular weight is 339 g/mol. The zero-order valence-corrected chi connectivity index (χ0v) is 17.0. The Morgan fingerprint density at radius 2 is 0.750 bits per heavy atom. The van der Waals surface area contributed by atoms with Gasteiger partial charge in [-0.15, -0.1) is 0 Å². The van der Waals surface area contributed by atoms with Crippen molar-refractivity contribution >= 4 is 0 Å². The second-order valence-corrected chi connectivity index (χ2v) is 9.01. The van der Waals surface area contributed by atoms with Gasteiger partial charge in [-0.25, -0.2) is 0 Å². The maximum Gasteiger partial charge on any atom is 0.0788 e. The summed E-state index contributed by atoms with van der Waals surface area (Å²) in [4.78, 5) is 0. The highest BCUT2D eigenvalue weighted by molar-refractivity contribution is 4.59. The molecular weight excluding hydrogens is 292 g/mol. The number of likely N-dealkylation sites (tertiary alicyclic amines) is 2. The van der Waals surface area contributed by atoms with Crippen molar-refractivity contribution in [3.8, 4) is 0 Å². The summed E-state index contributed by atoms with van der Waals surface area (Å²) in [6.45, 7) is 16.5. The van der Waals surface area contributed by atoms with E-state index in [1.54, 1.807) is 0 Å². The van der Waals surface area contributed by atoms with Gasteiger partial charge in [0, 0.05) is 38.5 Å². The van der Waals surface area contributed by atoms with Gasteiger partial charge in [-0.2, -0.15) is 0 Å². The molecule has 24 heavy (non-hydrogen) atoms. The maximum atomic E-state index is 2.34. The van der Waals surface area contributed by atoms with Crippen LogP contribution < -0.4 is 0 Å². The van der Waals surface area contributed by atoms with Crippen molar-refractivity contribution in [1.29, 1.82) is 0 Å². The van der Waals surface area contributed by atoms with Gasteiger partial charge in [0.05, 0.1) is 52.4 Å². The minimum Gasteiger partial charge on any atom is -0.324 e. The van der Waals surface area contributed by atoms with E-state index in [9.17, 15) is 0 Å². The Hall–Kier alpha value is -0.0800. The largest absolute Gasteiger partial charge is 0.324 e. The van der Waals surface area contributed by atoms with Crippen molar-refractivity contribution in [2.24, 2.45) is 0 Å². The van der Waals surface area contributed by atoms with Gasteiger partial charge in [0.2, 0.25) is 0 Å². The summed E-state index contributed by atoms with van der Waals surface area (Å²) < 4.78 is 2.96. The minimum atomic E-state index is 1.37. The van der Waals surface area contributed by atoms with Gasteiger partial charge in [0.25, 0.3) is 0 Å². The third kappa shape index (κ3) is 6.33. The van der Waals surface area contributed by atoms with E-state index in [-0.39, 0.29) is 0 Å². The van der Waals surface area contributed by atoms with Crippen LogP contribution in [0.2, 0.25) is 0 Å². The first-order valence-corrected chi connectivity index (χ1v) is 11.4. The molecule has 0 spiro atoms. The fourth-order valence-electron chi connectivity index (χ4n) is 5.42. The van der Waals surface area contributed by atoms with Crippen LogP contribution >= 0.6 is 0 Å². The average Bonchev–Trinajstić information content (AvgIpc) is 3.23. The Morgan fingerprint density at radius 1 is 0.458 bits per heavy atom. The minimum absolute atomic E-state index is 1.37. The number of quaternary nitrogens is 2. The van der Waals surface area contributed by atoms with Crippen molar-refractivity contribution in [3.05, 3.63) is 0 Å².